The Balaban J connectivity index is 2.60. The number of hydrogen-bond donors (Lipinski definition) is 1. The molecule has 4 nitrogen and oxygen atoms in total. The van der Waals surface area contributed by atoms with Gasteiger partial charge in [0, 0.05) is 18.7 Å². The number of carbonyl (C=O) groups excluding carboxylic acids is 1. The number of carboxylic acid groups (broad SMARTS) is 1. The number of rotatable bonds is 4. The molecule has 1 aliphatic rings. The van der Waals surface area contributed by atoms with Crippen molar-refractivity contribution in [1.82, 2.24) is 4.90 Å². The van der Waals surface area contributed by atoms with Gasteiger partial charge in [0.2, 0.25) is 5.91 Å². The smallest absolute Gasteiger partial charge is 0.326 e. The van der Waals surface area contributed by atoms with Gasteiger partial charge in [0.25, 0.3) is 0 Å². The zero-order valence-electron chi connectivity index (χ0n) is 9.10. The minimum atomic E-state index is -0.918. The lowest BCUT2D eigenvalue weighted by molar-refractivity contribution is -0.150. The van der Waals surface area contributed by atoms with Crippen molar-refractivity contribution in [3.05, 3.63) is 0 Å². The molecule has 15 heavy (non-hydrogen) atoms. The molecule has 0 aromatic heterocycles. The number of nitrogens with zero attached hydrogens (tertiary/aromatic N) is 1. The Kier molecular flexibility index (Phi) is 4.45. The van der Waals surface area contributed by atoms with Gasteiger partial charge in [-0.05, 0) is 18.6 Å². The molecule has 2 atom stereocenters. The average Bonchev–Trinajstić information content (AvgIpc) is 2.69. The predicted octanol–water partition coefficient (Wildman–Crippen LogP) is 1.06. The third-order valence-corrected chi connectivity index (χ3v) is 3.93. The summed E-state index contributed by atoms with van der Waals surface area (Å²) in [5.74, 6) is 0.925. The standard InChI is InChI=1S/C10H17NO3S/c1-3-8(10(13)14)11(2)9(12)7-4-5-15-6-7/h7-8H,3-6H2,1-2H3,(H,13,14). The zero-order valence-corrected chi connectivity index (χ0v) is 9.92. The van der Waals surface area contributed by atoms with Gasteiger partial charge in [-0.3, -0.25) is 4.79 Å². The SMILES string of the molecule is CCC(C(=O)O)N(C)C(=O)C1CCSC1. The van der Waals surface area contributed by atoms with Gasteiger partial charge in [-0.15, -0.1) is 0 Å². The topological polar surface area (TPSA) is 57.6 Å². The zero-order chi connectivity index (χ0) is 11.4. The molecule has 0 spiro atoms. The van der Waals surface area contributed by atoms with E-state index in [4.69, 9.17) is 5.11 Å². The predicted molar refractivity (Wildman–Crippen MR) is 59.9 cm³/mol. The summed E-state index contributed by atoms with van der Waals surface area (Å²) in [6.45, 7) is 1.78. The van der Waals surface area contributed by atoms with Crippen molar-refractivity contribution in [1.29, 1.82) is 0 Å². The molecule has 2 unspecified atom stereocenters. The average molecular weight is 231 g/mol. The first kappa shape index (κ1) is 12.4. The van der Waals surface area contributed by atoms with Gasteiger partial charge >= 0.3 is 5.97 Å². The summed E-state index contributed by atoms with van der Waals surface area (Å²) in [4.78, 5) is 24.2. The quantitative estimate of drug-likeness (QED) is 0.786. The Bertz CT molecular complexity index is 251. The van der Waals surface area contributed by atoms with Crippen LogP contribution in [0.2, 0.25) is 0 Å². The summed E-state index contributed by atoms with van der Waals surface area (Å²) >= 11 is 1.76. The molecule has 0 aromatic carbocycles. The Morgan fingerprint density at radius 1 is 1.60 bits per heavy atom. The second-order valence-corrected chi connectivity index (χ2v) is 4.92. The van der Waals surface area contributed by atoms with E-state index in [0.717, 1.165) is 17.9 Å². The van der Waals surface area contributed by atoms with Crippen molar-refractivity contribution >= 4 is 23.6 Å². The van der Waals surface area contributed by atoms with Crippen LogP contribution in [0.3, 0.4) is 0 Å². The number of thioether (sulfide) groups is 1. The number of amides is 1. The molecule has 1 saturated heterocycles. The number of aliphatic carboxylic acids is 1. The molecule has 1 fully saturated rings. The van der Waals surface area contributed by atoms with E-state index in [1.54, 1.807) is 25.7 Å². The molecule has 1 amide bonds. The molecule has 0 aliphatic carbocycles. The molecule has 1 heterocycles. The van der Waals surface area contributed by atoms with E-state index in [-0.39, 0.29) is 11.8 Å². The number of carboxylic acids is 1. The van der Waals surface area contributed by atoms with Gasteiger partial charge in [-0.2, -0.15) is 11.8 Å². The highest BCUT2D eigenvalue weighted by atomic mass is 32.2. The molecular formula is C10H17NO3S. The van der Waals surface area contributed by atoms with E-state index in [1.807, 2.05) is 0 Å². The molecule has 0 aromatic rings. The third-order valence-electron chi connectivity index (χ3n) is 2.77. The normalized spacial score (nSPS) is 22.4. The molecule has 86 valence electrons. The van der Waals surface area contributed by atoms with E-state index in [0.29, 0.717) is 6.42 Å². The maximum atomic E-state index is 11.9. The van der Waals surface area contributed by atoms with E-state index in [1.165, 1.54) is 4.90 Å². The lowest BCUT2D eigenvalue weighted by Gasteiger charge is -2.26. The van der Waals surface area contributed by atoms with Crippen molar-refractivity contribution in [3.8, 4) is 0 Å². The van der Waals surface area contributed by atoms with Crippen LogP contribution in [-0.2, 0) is 9.59 Å². The van der Waals surface area contributed by atoms with Crippen molar-refractivity contribution < 1.29 is 14.7 Å². The summed E-state index contributed by atoms with van der Waals surface area (Å²) < 4.78 is 0. The first-order valence-electron chi connectivity index (χ1n) is 5.15. The van der Waals surface area contributed by atoms with Crippen LogP contribution in [0.15, 0.2) is 0 Å². The maximum Gasteiger partial charge on any atom is 0.326 e. The van der Waals surface area contributed by atoms with E-state index >= 15 is 0 Å². The Morgan fingerprint density at radius 3 is 2.67 bits per heavy atom. The lowest BCUT2D eigenvalue weighted by atomic mass is 10.1. The highest BCUT2D eigenvalue weighted by molar-refractivity contribution is 7.99. The first-order chi connectivity index (χ1) is 7.07. The second-order valence-electron chi connectivity index (χ2n) is 3.77. The van der Waals surface area contributed by atoms with Crippen molar-refractivity contribution in [3.63, 3.8) is 0 Å². The minimum Gasteiger partial charge on any atom is -0.480 e. The van der Waals surface area contributed by atoms with E-state index in [9.17, 15) is 9.59 Å². The van der Waals surface area contributed by atoms with Crippen LogP contribution in [-0.4, -0.2) is 46.5 Å². The monoisotopic (exact) mass is 231 g/mol. The van der Waals surface area contributed by atoms with Crippen molar-refractivity contribution in [2.24, 2.45) is 5.92 Å². The van der Waals surface area contributed by atoms with Crippen LogP contribution in [0, 0.1) is 5.92 Å². The van der Waals surface area contributed by atoms with Gasteiger partial charge in [-0.25, -0.2) is 4.79 Å². The fourth-order valence-electron chi connectivity index (χ4n) is 1.78. The van der Waals surface area contributed by atoms with Crippen LogP contribution in [0.5, 0.6) is 0 Å². The largest absolute Gasteiger partial charge is 0.480 e. The molecule has 0 saturated carbocycles. The Morgan fingerprint density at radius 2 is 2.27 bits per heavy atom. The fraction of sp³-hybridized carbons (Fsp3) is 0.800. The summed E-state index contributed by atoms with van der Waals surface area (Å²) in [6, 6.07) is -0.678. The number of hydrogen-bond acceptors (Lipinski definition) is 3. The second kappa shape index (κ2) is 5.39. The van der Waals surface area contributed by atoms with E-state index in [2.05, 4.69) is 0 Å². The molecular weight excluding hydrogens is 214 g/mol. The minimum absolute atomic E-state index is 0.0192. The van der Waals surface area contributed by atoms with Crippen molar-refractivity contribution in [2.45, 2.75) is 25.8 Å². The van der Waals surface area contributed by atoms with Crippen LogP contribution >= 0.6 is 11.8 Å². The summed E-state index contributed by atoms with van der Waals surface area (Å²) in [5.41, 5.74) is 0. The van der Waals surface area contributed by atoms with Gasteiger partial charge in [0.05, 0.1) is 0 Å². The van der Waals surface area contributed by atoms with Gasteiger partial charge in [0.15, 0.2) is 0 Å². The summed E-state index contributed by atoms with van der Waals surface area (Å²) in [6.07, 6.45) is 1.33. The summed E-state index contributed by atoms with van der Waals surface area (Å²) in [5, 5.41) is 8.94. The number of likely N-dealkylation sites (N-methyl/N-ethyl adjacent to an activating group) is 1. The molecule has 1 rings (SSSR count). The van der Waals surface area contributed by atoms with E-state index < -0.39 is 12.0 Å². The highest BCUT2D eigenvalue weighted by Gasteiger charge is 2.31. The van der Waals surface area contributed by atoms with Crippen molar-refractivity contribution in [2.75, 3.05) is 18.6 Å². The first-order valence-corrected chi connectivity index (χ1v) is 6.30. The van der Waals surface area contributed by atoms with Gasteiger partial charge < -0.3 is 10.0 Å². The van der Waals surface area contributed by atoms with Crippen LogP contribution in [0.1, 0.15) is 19.8 Å². The van der Waals surface area contributed by atoms with Crippen LogP contribution in [0.4, 0.5) is 0 Å². The fourth-order valence-corrected chi connectivity index (χ4v) is 3.00. The maximum absolute atomic E-state index is 11.9. The summed E-state index contributed by atoms with van der Waals surface area (Å²) in [7, 11) is 1.59. The Labute approximate surface area is 94.0 Å². The molecule has 1 aliphatic heterocycles. The molecule has 5 heteroatoms. The highest BCUT2D eigenvalue weighted by Crippen LogP contribution is 2.25. The third kappa shape index (κ3) is 2.87. The molecule has 0 radical (unpaired) electrons. The van der Waals surface area contributed by atoms with Crippen LogP contribution in [0.25, 0.3) is 0 Å². The molecule has 0 bridgehead atoms. The number of carbonyl (C=O) groups is 2. The van der Waals surface area contributed by atoms with Gasteiger partial charge in [0.1, 0.15) is 6.04 Å². The van der Waals surface area contributed by atoms with Crippen LogP contribution < -0.4 is 0 Å². The molecule has 1 N–H and O–H groups in total. The lowest BCUT2D eigenvalue weighted by Crippen LogP contribution is -2.44. The van der Waals surface area contributed by atoms with Gasteiger partial charge in [-0.1, -0.05) is 6.92 Å². The Hall–Kier alpha value is -0.710.